The number of rotatable bonds is 0. The summed E-state index contributed by atoms with van der Waals surface area (Å²) < 4.78 is 0. The first-order valence-electron chi connectivity index (χ1n) is 6.95. The lowest BCUT2D eigenvalue weighted by molar-refractivity contribution is 0.949. The molecule has 1 N–H and O–H groups in total. The Balaban J connectivity index is 2.10. The summed E-state index contributed by atoms with van der Waals surface area (Å²) in [5.41, 5.74) is 2.23. The van der Waals surface area contributed by atoms with E-state index in [0.717, 1.165) is 5.70 Å². The quantitative estimate of drug-likeness (QED) is 0.721. The van der Waals surface area contributed by atoms with Gasteiger partial charge in [0, 0.05) is 10.6 Å². The Morgan fingerprint density at radius 2 is 1.84 bits per heavy atom. The van der Waals surface area contributed by atoms with Crippen LogP contribution in [0.3, 0.4) is 0 Å². The summed E-state index contributed by atoms with van der Waals surface area (Å²) in [5.74, 6) is 3.99. The highest BCUT2D eigenvalue weighted by Crippen LogP contribution is 2.62. The summed E-state index contributed by atoms with van der Waals surface area (Å²) in [6.45, 7) is 4.08. The number of hydrogen-bond acceptors (Lipinski definition) is 1. The lowest BCUT2D eigenvalue weighted by Gasteiger charge is -2.37. The van der Waals surface area contributed by atoms with Crippen molar-refractivity contribution in [3.63, 3.8) is 0 Å². The summed E-state index contributed by atoms with van der Waals surface area (Å²) in [7, 11) is -0.669. The Bertz CT molecular complexity index is 536. The van der Waals surface area contributed by atoms with E-state index in [1.807, 2.05) is 6.08 Å². The first kappa shape index (κ1) is 12.6. The first-order chi connectivity index (χ1) is 9.30. The van der Waals surface area contributed by atoms with Crippen LogP contribution in [-0.4, -0.2) is 17.3 Å². The van der Waals surface area contributed by atoms with Crippen LogP contribution >= 0.6 is 10.0 Å². The van der Waals surface area contributed by atoms with Crippen LogP contribution in [0.2, 0.25) is 0 Å². The van der Waals surface area contributed by atoms with Gasteiger partial charge in [0.2, 0.25) is 0 Å². The van der Waals surface area contributed by atoms with Crippen molar-refractivity contribution in [2.75, 3.05) is 22.6 Å². The smallest absolute Gasteiger partial charge is 0.0507 e. The van der Waals surface area contributed by atoms with E-state index in [2.05, 4.69) is 54.4 Å². The van der Waals surface area contributed by atoms with Gasteiger partial charge in [-0.15, -0.1) is 0 Å². The van der Waals surface area contributed by atoms with Crippen molar-refractivity contribution < 1.29 is 0 Å². The van der Waals surface area contributed by atoms with Gasteiger partial charge in [-0.25, -0.2) is 10.0 Å². The zero-order valence-electron chi connectivity index (χ0n) is 11.3. The minimum absolute atomic E-state index is 0.669. The largest absolute Gasteiger partial charge is 0.355 e. The van der Waals surface area contributed by atoms with Gasteiger partial charge in [0.25, 0.3) is 0 Å². The van der Waals surface area contributed by atoms with E-state index in [4.69, 9.17) is 0 Å². The number of anilines is 1. The maximum absolute atomic E-state index is 4.08. The molecule has 1 aromatic carbocycles. The van der Waals surface area contributed by atoms with Gasteiger partial charge < -0.3 is 5.32 Å². The summed E-state index contributed by atoms with van der Waals surface area (Å²) in [6, 6.07) is 8.83. The maximum Gasteiger partial charge on any atom is 0.0507 e. The van der Waals surface area contributed by atoms with E-state index in [1.165, 1.54) is 35.8 Å². The van der Waals surface area contributed by atoms with Gasteiger partial charge in [0.05, 0.1) is 5.69 Å². The fourth-order valence-electron chi connectivity index (χ4n) is 2.99. The van der Waals surface area contributed by atoms with Gasteiger partial charge in [-0.3, -0.25) is 0 Å². The molecule has 0 unspecified atom stereocenters. The van der Waals surface area contributed by atoms with Crippen LogP contribution in [0.1, 0.15) is 12.8 Å². The second kappa shape index (κ2) is 5.30. The van der Waals surface area contributed by atoms with Gasteiger partial charge in [0.1, 0.15) is 0 Å². The molecule has 0 aromatic heterocycles. The van der Waals surface area contributed by atoms with Crippen molar-refractivity contribution in [2.45, 2.75) is 17.7 Å². The zero-order valence-corrected chi connectivity index (χ0v) is 12.1. The third-order valence-corrected chi connectivity index (χ3v) is 8.19. The van der Waals surface area contributed by atoms with Gasteiger partial charge in [-0.1, -0.05) is 36.9 Å². The number of para-hydroxylation sites is 1. The van der Waals surface area contributed by atoms with Gasteiger partial charge >= 0.3 is 0 Å². The van der Waals surface area contributed by atoms with Crippen molar-refractivity contribution >= 4 is 15.7 Å². The minimum Gasteiger partial charge on any atom is -0.355 e. The molecule has 1 spiro atoms. The summed E-state index contributed by atoms with van der Waals surface area (Å²) in [5, 5.41) is 3.49. The second-order valence-electron chi connectivity index (χ2n) is 5.26. The van der Waals surface area contributed by atoms with Crippen molar-refractivity contribution in [3.05, 3.63) is 60.8 Å². The Morgan fingerprint density at radius 3 is 2.68 bits per heavy atom. The number of benzene rings is 1. The van der Waals surface area contributed by atoms with Crippen LogP contribution < -0.4 is 5.32 Å². The normalized spacial score (nSPS) is 26.2. The number of hydrogen-bond donors (Lipinski definition) is 1. The van der Waals surface area contributed by atoms with E-state index < -0.39 is 10.0 Å². The van der Waals surface area contributed by atoms with Gasteiger partial charge in [-0.05, 0) is 48.3 Å². The molecule has 0 amide bonds. The Labute approximate surface area is 117 Å². The molecule has 1 fully saturated rings. The minimum atomic E-state index is -0.669. The molecule has 2 heterocycles. The van der Waals surface area contributed by atoms with E-state index >= 15 is 0 Å². The van der Waals surface area contributed by atoms with Crippen LogP contribution in [0.4, 0.5) is 5.69 Å². The van der Waals surface area contributed by atoms with Crippen molar-refractivity contribution in [3.8, 4) is 0 Å². The first-order valence-corrected chi connectivity index (χ1v) is 9.09. The Morgan fingerprint density at radius 1 is 1.05 bits per heavy atom. The molecule has 19 heavy (non-hydrogen) atoms. The number of fused-ring (bicyclic) bond motifs is 2. The van der Waals surface area contributed by atoms with Crippen molar-refractivity contribution in [1.29, 1.82) is 0 Å². The highest BCUT2D eigenvalue weighted by Gasteiger charge is 2.31. The van der Waals surface area contributed by atoms with Crippen LogP contribution in [-0.2, 0) is 0 Å². The monoisotopic (exact) mass is 271 g/mol. The predicted octanol–water partition coefficient (Wildman–Crippen LogP) is 4.70. The Hall–Kier alpha value is -1.41. The summed E-state index contributed by atoms with van der Waals surface area (Å²) in [6.07, 6.45) is 11.4. The fraction of sp³-hybridized carbons (Fsp3) is 0.294. The van der Waals surface area contributed by atoms with Crippen LogP contribution in [0.25, 0.3) is 0 Å². The lowest BCUT2D eigenvalue weighted by Crippen LogP contribution is -2.10. The lowest BCUT2D eigenvalue weighted by atomic mass is 10.3. The van der Waals surface area contributed by atoms with Crippen LogP contribution in [0, 0.1) is 0 Å². The molecule has 1 saturated heterocycles. The van der Waals surface area contributed by atoms with Crippen LogP contribution in [0.15, 0.2) is 65.7 Å². The van der Waals surface area contributed by atoms with Crippen LogP contribution in [0.5, 0.6) is 0 Å². The molecular formula is C17H21NS. The summed E-state index contributed by atoms with van der Waals surface area (Å²) in [4.78, 5) is 1.55. The highest BCUT2D eigenvalue weighted by molar-refractivity contribution is 8.34. The molecule has 3 rings (SSSR count). The predicted molar refractivity (Wildman–Crippen MR) is 87.2 cm³/mol. The molecule has 0 bridgehead atoms. The summed E-state index contributed by atoms with van der Waals surface area (Å²) >= 11 is 0. The molecule has 2 heteroatoms. The molecule has 0 saturated carbocycles. The van der Waals surface area contributed by atoms with Crippen molar-refractivity contribution in [1.82, 2.24) is 0 Å². The number of nitrogens with one attached hydrogen (secondary N) is 1. The average molecular weight is 271 g/mol. The average Bonchev–Trinajstić information content (AvgIpc) is 2.88. The topological polar surface area (TPSA) is 12.0 Å². The fourth-order valence-corrected chi connectivity index (χ4v) is 7.09. The maximum atomic E-state index is 4.08. The van der Waals surface area contributed by atoms with Gasteiger partial charge in [0.15, 0.2) is 0 Å². The van der Waals surface area contributed by atoms with Gasteiger partial charge in [-0.2, -0.15) is 0 Å². The molecule has 0 radical (unpaired) electrons. The van der Waals surface area contributed by atoms with E-state index in [1.54, 1.807) is 4.90 Å². The van der Waals surface area contributed by atoms with Crippen molar-refractivity contribution in [2.24, 2.45) is 0 Å². The highest BCUT2D eigenvalue weighted by atomic mass is 32.3. The molecule has 0 atom stereocenters. The molecule has 0 aliphatic carbocycles. The molecule has 2 aliphatic heterocycles. The molecule has 1 aromatic rings. The molecular weight excluding hydrogens is 250 g/mol. The molecule has 1 nitrogen and oxygen atoms in total. The van der Waals surface area contributed by atoms with E-state index in [-0.39, 0.29) is 0 Å². The SMILES string of the molecule is C=C1/C=C\C=C/CS2(CCCC2)c2ccccc2N1. The third kappa shape index (κ3) is 2.50. The third-order valence-electron chi connectivity index (χ3n) is 3.93. The van der Waals surface area contributed by atoms with E-state index in [9.17, 15) is 0 Å². The second-order valence-corrected chi connectivity index (χ2v) is 8.94. The Kier molecular flexibility index (Phi) is 3.52. The van der Waals surface area contributed by atoms with E-state index in [0.29, 0.717) is 0 Å². The number of allylic oxidation sites excluding steroid dienone is 3. The zero-order chi connectivity index (χ0) is 13.1. The standard InChI is InChI=1S/C17H21NS/c1-15-9-3-2-6-12-19(13-7-8-14-19)17-11-5-4-10-16(17)18-15/h2-6,9-11,18H,1,7-8,12-14H2/b6-2-,9-3-. The molecule has 2 aliphatic rings. The molecule has 100 valence electrons.